The molecule has 0 aromatic rings. The highest BCUT2D eigenvalue weighted by Gasteiger charge is 2.48. The van der Waals surface area contributed by atoms with E-state index in [0.717, 1.165) is 0 Å². The normalized spacial score (nSPS) is 22.7. The van der Waals surface area contributed by atoms with Gasteiger partial charge in [0.05, 0.1) is 18.6 Å². The van der Waals surface area contributed by atoms with Crippen molar-refractivity contribution in [1.82, 2.24) is 15.5 Å². The van der Waals surface area contributed by atoms with Gasteiger partial charge in [0.1, 0.15) is 38.0 Å². The zero-order valence-corrected chi connectivity index (χ0v) is 17.8. The number of halogens is 1. The lowest BCUT2D eigenvalue weighted by Gasteiger charge is -2.31. The van der Waals surface area contributed by atoms with E-state index in [0.29, 0.717) is 16.8 Å². The van der Waals surface area contributed by atoms with Crippen molar-refractivity contribution in [2.24, 2.45) is 5.92 Å². The molecule has 3 heterocycles. The first-order valence-electron chi connectivity index (χ1n) is 10.3. The van der Waals surface area contributed by atoms with Gasteiger partial charge < -0.3 is 25.2 Å². The van der Waals surface area contributed by atoms with Gasteiger partial charge in [0.25, 0.3) is 5.91 Å². The van der Waals surface area contributed by atoms with Crippen LogP contribution in [0.25, 0.3) is 0 Å². The molecule has 3 rings (SSSR count). The lowest BCUT2D eigenvalue weighted by molar-refractivity contribution is -0.148. The monoisotopic (exact) mass is 451 g/mol. The predicted molar refractivity (Wildman–Crippen MR) is 109 cm³/mol. The third kappa shape index (κ3) is 4.67. The van der Waals surface area contributed by atoms with Crippen LogP contribution in [0.2, 0.25) is 0 Å². The highest BCUT2D eigenvalue weighted by atomic mass is 19.1. The lowest BCUT2D eigenvalue weighted by atomic mass is 9.98. The van der Waals surface area contributed by atoms with Crippen molar-refractivity contribution in [2.75, 3.05) is 26.5 Å². The fraction of sp³-hybridized carbons (Fsp3) is 0.524. The van der Waals surface area contributed by atoms with Crippen LogP contribution in [-0.2, 0) is 28.7 Å². The van der Waals surface area contributed by atoms with Crippen molar-refractivity contribution in [3.05, 3.63) is 35.3 Å². The molecule has 0 aromatic heterocycles. The molecule has 174 valence electrons. The summed E-state index contributed by atoms with van der Waals surface area (Å²) in [4.78, 5) is 51.2. The molecule has 3 amide bonds. The Labute approximate surface area is 184 Å². The van der Waals surface area contributed by atoms with Gasteiger partial charge in [-0.1, -0.05) is 19.9 Å². The van der Waals surface area contributed by atoms with Gasteiger partial charge in [0, 0.05) is 5.57 Å². The number of hydrogen-bond acceptors (Lipinski definition) is 6. The Kier molecular flexibility index (Phi) is 7.29. The number of rotatable bonds is 9. The maximum absolute atomic E-state index is 13.2. The summed E-state index contributed by atoms with van der Waals surface area (Å²) in [6.45, 7) is 2.06. The third-order valence-electron chi connectivity index (χ3n) is 5.40. The molecular weight excluding hydrogens is 425 g/mol. The number of aliphatic carboxylic acids is 1. The minimum atomic E-state index is -1.15. The van der Waals surface area contributed by atoms with Crippen LogP contribution in [0.1, 0.15) is 20.3 Å². The van der Waals surface area contributed by atoms with E-state index in [4.69, 9.17) is 9.47 Å². The minimum absolute atomic E-state index is 0.00151. The number of carbonyl (C=O) groups is 4. The van der Waals surface area contributed by atoms with Crippen LogP contribution >= 0.6 is 0 Å². The van der Waals surface area contributed by atoms with Gasteiger partial charge in [-0.25, -0.2) is 9.18 Å². The highest BCUT2D eigenvalue weighted by Crippen LogP contribution is 2.38. The lowest BCUT2D eigenvalue weighted by Crippen LogP contribution is -2.56. The summed E-state index contributed by atoms with van der Waals surface area (Å²) in [5.74, 6) is -3.25. The molecule has 0 spiro atoms. The second-order valence-corrected chi connectivity index (χ2v) is 7.92. The van der Waals surface area contributed by atoms with Crippen molar-refractivity contribution in [3.8, 4) is 0 Å². The molecule has 0 saturated carbocycles. The van der Waals surface area contributed by atoms with Crippen molar-refractivity contribution in [1.29, 1.82) is 0 Å². The Morgan fingerprint density at radius 2 is 2.12 bits per heavy atom. The quantitative estimate of drug-likeness (QED) is 0.421. The van der Waals surface area contributed by atoms with E-state index in [9.17, 15) is 28.7 Å². The van der Waals surface area contributed by atoms with E-state index in [1.165, 1.54) is 11.2 Å². The Morgan fingerprint density at radius 3 is 2.78 bits per heavy atom. The van der Waals surface area contributed by atoms with Crippen LogP contribution in [0.3, 0.4) is 0 Å². The average molecular weight is 451 g/mol. The summed E-state index contributed by atoms with van der Waals surface area (Å²) in [5, 5.41) is 14.8. The number of amides is 3. The first kappa shape index (κ1) is 23.5. The smallest absolute Gasteiger partial charge is 0.327 e. The van der Waals surface area contributed by atoms with Crippen LogP contribution in [0.5, 0.6) is 0 Å². The summed E-state index contributed by atoms with van der Waals surface area (Å²) < 4.78 is 22.4. The van der Waals surface area contributed by atoms with Crippen molar-refractivity contribution < 1.29 is 38.1 Å². The molecular formula is C21H26FN3O7. The molecule has 3 aliphatic heterocycles. The predicted octanol–water partition coefficient (Wildman–Crippen LogP) is 0.0216. The molecule has 3 N–H and O–H groups in total. The summed E-state index contributed by atoms with van der Waals surface area (Å²) in [7, 11) is 0. The first-order chi connectivity index (χ1) is 15.3. The average Bonchev–Trinajstić information content (AvgIpc) is 2.89. The molecule has 0 bridgehead atoms. The molecule has 0 aromatic carbocycles. The Balaban J connectivity index is 1.81. The van der Waals surface area contributed by atoms with E-state index in [-0.39, 0.29) is 25.6 Å². The molecule has 1 unspecified atom stereocenters. The summed E-state index contributed by atoms with van der Waals surface area (Å²) >= 11 is 0. The summed E-state index contributed by atoms with van der Waals surface area (Å²) in [5.41, 5.74) is 1.53. The molecule has 10 nitrogen and oxygen atoms in total. The maximum Gasteiger partial charge on any atom is 0.327 e. The van der Waals surface area contributed by atoms with E-state index in [1.54, 1.807) is 26.0 Å². The third-order valence-corrected chi connectivity index (χ3v) is 5.40. The van der Waals surface area contributed by atoms with E-state index < -0.39 is 55.1 Å². The van der Waals surface area contributed by atoms with Gasteiger partial charge in [-0.3, -0.25) is 19.3 Å². The van der Waals surface area contributed by atoms with Crippen molar-refractivity contribution in [3.63, 3.8) is 0 Å². The fourth-order valence-electron chi connectivity index (χ4n) is 3.88. The van der Waals surface area contributed by atoms with E-state index in [2.05, 4.69) is 10.6 Å². The Bertz CT molecular complexity index is 896. The van der Waals surface area contributed by atoms with Gasteiger partial charge in [0.15, 0.2) is 0 Å². The van der Waals surface area contributed by atoms with Crippen LogP contribution in [0.15, 0.2) is 35.3 Å². The van der Waals surface area contributed by atoms with Gasteiger partial charge in [-0.05, 0) is 24.0 Å². The molecule has 0 aliphatic carbocycles. The molecule has 0 radical (unpaired) electrons. The highest BCUT2D eigenvalue weighted by molar-refractivity contribution is 6.00. The number of nitrogens with zero attached hydrogens (tertiary/aromatic N) is 1. The molecule has 0 fully saturated rings. The molecule has 11 heteroatoms. The summed E-state index contributed by atoms with van der Waals surface area (Å²) in [6, 6.07) is -3.19. The van der Waals surface area contributed by atoms with Crippen molar-refractivity contribution in [2.45, 2.75) is 38.4 Å². The summed E-state index contributed by atoms with van der Waals surface area (Å²) in [6.07, 6.45) is 4.96. The van der Waals surface area contributed by atoms with Crippen LogP contribution in [0.4, 0.5) is 4.39 Å². The molecule has 3 atom stereocenters. The van der Waals surface area contributed by atoms with Crippen LogP contribution in [0, 0.1) is 5.92 Å². The SMILES string of the molecule is CC(C)C(NC(=O)COCCF)C(=O)N[C@@H]1C(=O)N2C3=C1COC=CC3=CC[C@H]2C(=O)O. The molecule has 3 aliphatic rings. The second-order valence-electron chi connectivity index (χ2n) is 7.92. The van der Waals surface area contributed by atoms with Gasteiger partial charge in [0.2, 0.25) is 11.8 Å². The number of nitrogens with one attached hydrogen (secondary N) is 2. The maximum atomic E-state index is 13.2. The topological polar surface area (TPSA) is 134 Å². The number of carboxylic acids is 1. The number of ether oxygens (including phenoxy) is 2. The Morgan fingerprint density at radius 1 is 1.38 bits per heavy atom. The number of hydrogen-bond donors (Lipinski definition) is 3. The zero-order chi connectivity index (χ0) is 23.4. The number of carbonyl (C=O) groups excluding carboxylic acids is 3. The molecule has 32 heavy (non-hydrogen) atoms. The standard InChI is InChI=1S/C21H26FN3O7/c1-11(2)16(23-15(26)10-32-8-6-22)19(27)24-17-13-9-31-7-5-12-3-4-14(21(29)30)25(18(12)13)20(17)28/h3,5,7,11,14,16-17H,4,6,8-10H2,1-2H3,(H,23,26)(H,24,27)(H,29,30)/t14-,16?,17-/m0/s1. The number of carboxylic acid groups (broad SMARTS) is 1. The number of alkyl halides is 1. The zero-order valence-electron chi connectivity index (χ0n) is 17.8. The number of allylic oxidation sites excluding steroid dienone is 1. The van der Waals surface area contributed by atoms with Gasteiger partial charge >= 0.3 is 5.97 Å². The van der Waals surface area contributed by atoms with E-state index in [1.807, 2.05) is 0 Å². The van der Waals surface area contributed by atoms with Crippen molar-refractivity contribution >= 4 is 23.7 Å². The minimum Gasteiger partial charge on any atom is -0.497 e. The van der Waals surface area contributed by atoms with Gasteiger partial charge in [-0.2, -0.15) is 0 Å². The largest absolute Gasteiger partial charge is 0.497 e. The molecule has 0 saturated heterocycles. The first-order valence-corrected chi connectivity index (χ1v) is 10.3. The van der Waals surface area contributed by atoms with Gasteiger partial charge in [-0.15, -0.1) is 0 Å². The Hall–Kier alpha value is -3.21. The fourth-order valence-corrected chi connectivity index (χ4v) is 3.88. The van der Waals surface area contributed by atoms with Crippen LogP contribution in [-0.4, -0.2) is 78.3 Å². The second kappa shape index (κ2) is 9.94. The van der Waals surface area contributed by atoms with Crippen LogP contribution < -0.4 is 10.6 Å². The van der Waals surface area contributed by atoms with E-state index >= 15 is 0 Å².